The third kappa shape index (κ3) is 29.1. The molecule has 3 N–H and O–H groups in total. The van der Waals surface area contributed by atoms with Crippen molar-refractivity contribution in [1.82, 2.24) is 25.3 Å². The van der Waals surface area contributed by atoms with E-state index in [1.165, 1.54) is 54.1 Å². The van der Waals surface area contributed by atoms with Crippen LogP contribution >= 0.6 is 87.0 Å². The number of aromatic nitrogens is 4. The van der Waals surface area contributed by atoms with Gasteiger partial charge in [0.15, 0.2) is 16.2 Å². The summed E-state index contributed by atoms with van der Waals surface area (Å²) < 4.78 is 12.3. The van der Waals surface area contributed by atoms with E-state index in [0.717, 1.165) is 4.34 Å². The molecule has 2 aromatic rings. The van der Waals surface area contributed by atoms with Crippen molar-refractivity contribution in [3.63, 3.8) is 0 Å². The number of hydrogen-bond donors (Lipinski definition) is 3. The Kier molecular flexibility index (Phi) is 41.1. The molecule has 2 unspecified atom stereocenters. The smallest absolute Gasteiger partial charge is 1.00 e. The zero-order valence-corrected chi connectivity index (χ0v) is 33.6. The molecule has 39 heavy (non-hydrogen) atoms. The number of thioether (sulfide) groups is 1. The number of nitrogens with zero attached hydrogens (tertiary/aromatic N) is 2. The Morgan fingerprint density at radius 3 is 1.59 bits per heavy atom. The van der Waals surface area contributed by atoms with Gasteiger partial charge in [0.05, 0.1) is 13.2 Å². The Morgan fingerprint density at radius 2 is 1.36 bits per heavy atom. The Labute approximate surface area is 308 Å². The summed E-state index contributed by atoms with van der Waals surface area (Å²) in [5.41, 5.74) is 0. The molecule has 0 fully saturated rings. The molecule has 0 aliphatic carbocycles. The van der Waals surface area contributed by atoms with Crippen molar-refractivity contribution in [2.75, 3.05) is 32.8 Å². The van der Waals surface area contributed by atoms with Crippen molar-refractivity contribution < 1.29 is 72.6 Å². The van der Waals surface area contributed by atoms with Crippen LogP contribution in [0.1, 0.15) is 55.9 Å². The number of esters is 2. The molecule has 9 nitrogen and oxygen atoms in total. The van der Waals surface area contributed by atoms with Crippen molar-refractivity contribution >= 4 is 99.0 Å². The average molecular weight is 849 g/mol. The first kappa shape index (κ1) is 49.9. The summed E-state index contributed by atoms with van der Waals surface area (Å²) in [4.78, 5) is 23.9. The molecule has 0 bridgehead atoms. The Morgan fingerprint density at radius 1 is 0.923 bits per heavy atom. The summed E-state index contributed by atoms with van der Waals surface area (Å²) in [7, 11) is 0. The predicted octanol–water partition coefficient (Wildman–Crippen LogP) is 1.43. The molecule has 224 valence electrons. The van der Waals surface area contributed by atoms with Gasteiger partial charge >= 0.3 is 41.5 Å². The van der Waals surface area contributed by atoms with Gasteiger partial charge in [0.25, 0.3) is 0 Å². The summed E-state index contributed by atoms with van der Waals surface area (Å²) in [5, 5.41) is 11.7. The van der Waals surface area contributed by atoms with Crippen LogP contribution in [0, 0.1) is 11.9 Å². The number of halogens is 2. The van der Waals surface area contributed by atoms with E-state index >= 15 is 0 Å². The first-order chi connectivity index (χ1) is 16.9. The van der Waals surface area contributed by atoms with Crippen molar-refractivity contribution in [2.45, 2.75) is 70.3 Å². The van der Waals surface area contributed by atoms with Gasteiger partial charge in [-0.25, -0.2) is 0 Å². The molecule has 0 spiro atoms. The Balaban J connectivity index is -0.000000135. The van der Waals surface area contributed by atoms with Crippen LogP contribution in [0.25, 0.3) is 0 Å². The van der Waals surface area contributed by atoms with Crippen LogP contribution in [-0.2, 0) is 19.1 Å². The van der Waals surface area contributed by atoms with Gasteiger partial charge < -0.3 is 38.4 Å². The molecular weight excluding hydrogens is 808 g/mol. The van der Waals surface area contributed by atoms with Crippen LogP contribution in [0.4, 0.5) is 0 Å². The maximum atomic E-state index is 11.3. The number of aromatic amines is 3. The van der Waals surface area contributed by atoms with Gasteiger partial charge in [0.1, 0.15) is 10.1 Å². The minimum absolute atomic E-state index is 0. The van der Waals surface area contributed by atoms with E-state index in [9.17, 15) is 9.59 Å². The number of ether oxygens (including phenoxy) is 2. The first-order valence-corrected chi connectivity index (χ1v) is 15.8. The molecule has 2 aromatic heterocycles. The average Bonchev–Trinajstić information content (AvgIpc) is 3.42. The first-order valence-electron chi connectivity index (χ1n) is 11.1. The van der Waals surface area contributed by atoms with Crippen LogP contribution in [0.5, 0.6) is 0 Å². The van der Waals surface area contributed by atoms with Gasteiger partial charge in [-0.05, 0) is 84.0 Å². The largest absolute Gasteiger partial charge is 1.00 e. The van der Waals surface area contributed by atoms with E-state index in [1.54, 1.807) is 27.7 Å². The van der Waals surface area contributed by atoms with Crippen LogP contribution in [-0.4, -0.2) is 80.2 Å². The number of hydrogen-bond acceptors (Lipinski definition) is 12. The van der Waals surface area contributed by atoms with Gasteiger partial charge in [0, 0.05) is 0 Å². The van der Waals surface area contributed by atoms with Gasteiger partial charge in [-0.3, -0.25) is 24.9 Å². The number of carbonyl (C=O) groups excluding carboxylic acids is 2. The summed E-state index contributed by atoms with van der Waals surface area (Å²) >= 11 is 21.4. The Bertz CT molecular complexity index is 983. The van der Waals surface area contributed by atoms with Crippen LogP contribution in [0.3, 0.4) is 0 Å². The van der Waals surface area contributed by atoms with E-state index in [4.69, 9.17) is 41.4 Å². The standard InChI is InChI=1S/C7H10N2O2S3.C6H15N.C5H9BrO2.C2H2N2S3.CH4.HI.Na/c1-3-11-5(10)4(2)13-7-9-8-6(12)14-7;1-4-7(5-2)6-3;1-3-8-5(7)4(2)6;5-1-3-4-2(6)7-1;;;/h4H,3H2,1-2H3,(H,8,12);4-6H2,1-3H3;4H,3H2,1-2H3;(H,3,5)(H,4,6);1H4;1H;/q;;;;;;+1/p-1. The molecule has 2 rings (SSSR count). The second kappa shape index (κ2) is 32.2. The van der Waals surface area contributed by atoms with Crippen LogP contribution in [0.2, 0.25) is 0 Å². The maximum Gasteiger partial charge on any atom is 1.00 e. The summed E-state index contributed by atoms with van der Waals surface area (Å²) in [6.07, 6.45) is 0. The molecule has 0 saturated heterocycles. The second-order valence-corrected chi connectivity index (χ2v) is 13.3. The molecule has 18 heteroatoms. The van der Waals surface area contributed by atoms with Crippen molar-refractivity contribution in [1.29, 1.82) is 0 Å². The van der Waals surface area contributed by atoms with E-state index in [2.05, 4.69) is 66.7 Å². The molecule has 0 aliphatic heterocycles. The van der Waals surface area contributed by atoms with Crippen LogP contribution < -0.4 is 53.5 Å². The topological polar surface area (TPSA) is 116 Å². The minimum Gasteiger partial charge on any atom is -1.00 e. The second-order valence-electron chi connectivity index (χ2n) is 6.31. The van der Waals surface area contributed by atoms with Crippen molar-refractivity contribution in [3.8, 4) is 0 Å². The third-order valence-electron chi connectivity index (χ3n) is 3.72. The molecule has 2 atom stereocenters. The predicted molar refractivity (Wildman–Crippen MR) is 169 cm³/mol. The van der Waals surface area contributed by atoms with E-state index < -0.39 is 0 Å². The third-order valence-corrected chi connectivity index (χ3v) is 7.63. The summed E-state index contributed by atoms with van der Waals surface area (Å²) in [5.74, 6) is -0.425. The molecule has 0 aromatic carbocycles. The molecular formula is C21H40BrIN5NaO4S6. The maximum absolute atomic E-state index is 11.3. The quantitative estimate of drug-likeness (QED) is 0.0856. The number of nitrogens with one attached hydrogen (secondary N) is 3. The number of rotatable bonds is 9. The molecule has 2 heterocycles. The van der Waals surface area contributed by atoms with Gasteiger partial charge in [-0.2, -0.15) is 5.10 Å². The number of H-pyrrole nitrogens is 3. The minimum atomic E-state index is -0.246. The number of alkyl halides is 1. The monoisotopic (exact) mass is 847 g/mol. The van der Waals surface area contributed by atoms with Crippen molar-refractivity contribution in [2.24, 2.45) is 0 Å². The zero-order chi connectivity index (χ0) is 28.1. The Hall–Kier alpha value is 1.24. The molecule has 0 aliphatic rings. The fraction of sp³-hybridized carbons (Fsp3) is 0.714. The van der Waals surface area contributed by atoms with Gasteiger partial charge in [0.2, 0.25) is 0 Å². The summed E-state index contributed by atoms with van der Waals surface area (Å²) in [6, 6.07) is 0. The fourth-order valence-corrected chi connectivity index (χ4v) is 5.38. The van der Waals surface area contributed by atoms with Gasteiger partial charge in [-0.15, -0.1) is 0 Å². The normalized spacial score (nSPS) is 10.6. The fourth-order valence-electron chi connectivity index (χ4n) is 1.89. The number of carbonyl (C=O) groups is 2. The SMILES string of the molecule is C.CCN(CC)CC.CCOC(=O)C(C)Br.CCOC(=O)C(C)Sc1n[nH]c(=S)s1.S=c1[nH][nH]c(=S)s1.[I-].[Na+]. The van der Waals surface area contributed by atoms with Crippen molar-refractivity contribution in [3.05, 3.63) is 11.9 Å². The molecule has 0 amide bonds. The van der Waals surface area contributed by atoms with E-state index in [1.807, 2.05) is 0 Å². The van der Waals surface area contributed by atoms with Crippen LogP contribution in [0.15, 0.2) is 4.34 Å². The van der Waals surface area contributed by atoms with E-state index in [0.29, 0.717) is 25.1 Å². The zero-order valence-electron chi connectivity index (χ0n) is 22.9. The summed E-state index contributed by atoms with van der Waals surface area (Å²) in [6.45, 7) is 18.1. The molecule has 0 saturated carbocycles. The molecule has 0 radical (unpaired) electrons. The van der Waals surface area contributed by atoms with Gasteiger partial charge in [-0.1, -0.05) is 78.6 Å². The van der Waals surface area contributed by atoms with E-state index in [-0.39, 0.29) is 83.0 Å².